The van der Waals surface area contributed by atoms with E-state index in [1.807, 2.05) is 0 Å². The SMILES string of the molecule is CCCNCc1cccc2ccn(CCCCCCO)c12. The Hall–Kier alpha value is -1.32. The third kappa shape index (κ3) is 4.58. The minimum atomic E-state index is 0.319. The predicted molar refractivity (Wildman–Crippen MR) is 89.5 cm³/mol. The minimum absolute atomic E-state index is 0.319. The van der Waals surface area contributed by atoms with Gasteiger partial charge < -0.3 is 15.0 Å². The van der Waals surface area contributed by atoms with E-state index in [1.165, 1.54) is 35.7 Å². The lowest BCUT2D eigenvalue weighted by molar-refractivity contribution is 0.282. The van der Waals surface area contributed by atoms with E-state index in [0.29, 0.717) is 6.61 Å². The molecule has 0 spiro atoms. The smallest absolute Gasteiger partial charge is 0.0525 e. The highest BCUT2D eigenvalue weighted by Gasteiger charge is 2.06. The van der Waals surface area contributed by atoms with Crippen molar-refractivity contribution in [1.82, 2.24) is 9.88 Å². The van der Waals surface area contributed by atoms with Gasteiger partial charge >= 0.3 is 0 Å². The molecule has 0 aliphatic rings. The quantitative estimate of drug-likeness (QED) is 0.654. The summed E-state index contributed by atoms with van der Waals surface area (Å²) in [7, 11) is 0. The van der Waals surface area contributed by atoms with E-state index in [4.69, 9.17) is 5.11 Å². The summed E-state index contributed by atoms with van der Waals surface area (Å²) in [6.07, 6.45) is 7.80. The summed E-state index contributed by atoms with van der Waals surface area (Å²) in [5, 5.41) is 13.7. The molecule has 21 heavy (non-hydrogen) atoms. The van der Waals surface area contributed by atoms with Crippen molar-refractivity contribution < 1.29 is 5.11 Å². The number of aromatic nitrogens is 1. The molecular weight excluding hydrogens is 260 g/mol. The molecular formula is C18H28N2O. The maximum atomic E-state index is 8.82. The number of aliphatic hydroxyl groups is 1. The van der Waals surface area contributed by atoms with Crippen LogP contribution in [0.1, 0.15) is 44.6 Å². The first kappa shape index (κ1) is 16.1. The van der Waals surface area contributed by atoms with Gasteiger partial charge in [-0.15, -0.1) is 0 Å². The zero-order valence-corrected chi connectivity index (χ0v) is 13.1. The number of hydrogen-bond acceptors (Lipinski definition) is 2. The minimum Gasteiger partial charge on any atom is -0.396 e. The second-order valence-corrected chi connectivity index (χ2v) is 5.68. The molecule has 2 rings (SSSR count). The monoisotopic (exact) mass is 288 g/mol. The van der Waals surface area contributed by atoms with Gasteiger partial charge in [-0.1, -0.05) is 38.0 Å². The van der Waals surface area contributed by atoms with E-state index >= 15 is 0 Å². The van der Waals surface area contributed by atoms with Crippen LogP contribution in [0.25, 0.3) is 10.9 Å². The van der Waals surface area contributed by atoms with E-state index in [2.05, 4.69) is 47.3 Å². The summed E-state index contributed by atoms with van der Waals surface area (Å²) in [4.78, 5) is 0. The van der Waals surface area contributed by atoms with Crippen LogP contribution >= 0.6 is 0 Å². The number of para-hydroxylation sites is 1. The summed E-state index contributed by atoms with van der Waals surface area (Å²) < 4.78 is 2.39. The fraction of sp³-hybridized carbons (Fsp3) is 0.556. The molecule has 1 aromatic heterocycles. The summed E-state index contributed by atoms with van der Waals surface area (Å²) in [5.41, 5.74) is 2.77. The van der Waals surface area contributed by atoms with E-state index in [-0.39, 0.29) is 0 Å². The Kier molecular flexibility index (Phi) is 6.77. The number of unbranched alkanes of at least 4 members (excludes halogenated alkanes) is 3. The highest BCUT2D eigenvalue weighted by molar-refractivity contribution is 5.83. The molecule has 0 atom stereocenters. The Labute approximate surface area is 128 Å². The van der Waals surface area contributed by atoms with Crippen molar-refractivity contribution in [3.8, 4) is 0 Å². The van der Waals surface area contributed by atoms with Crippen molar-refractivity contribution in [2.45, 2.75) is 52.1 Å². The van der Waals surface area contributed by atoms with Crippen molar-refractivity contribution >= 4 is 10.9 Å². The van der Waals surface area contributed by atoms with Crippen LogP contribution in [0.4, 0.5) is 0 Å². The number of aliphatic hydroxyl groups excluding tert-OH is 1. The topological polar surface area (TPSA) is 37.2 Å². The van der Waals surface area contributed by atoms with Gasteiger partial charge in [-0.25, -0.2) is 0 Å². The van der Waals surface area contributed by atoms with Crippen molar-refractivity contribution in [1.29, 1.82) is 0 Å². The van der Waals surface area contributed by atoms with Crippen LogP contribution in [-0.4, -0.2) is 22.8 Å². The Morgan fingerprint density at radius 1 is 1.10 bits per heavy atom. The van der Waals surface area contributed by atoms with Gasteiger partial charge in [0.1, 0.15) is 0 Å². The normalized spacial score (nSPS) is 11.3. The standard InChI is InChI=1S/C18H28N2O/c1-2-11-19-15-17-9-7-8-16-10-13-20(18(16)17)12-5-3-4-6-14-21/h7-10,13,19,21H,2-6,11-12,14-15H2,1H3. The molecule has 2 aromatic rings. The van der Waals surface area contributed by atoms with Gasteiger partial charge in [0.15, 0.2) is 0 Å². The number of benzene rings is 1. The van der Waals surface area contributed by atoms with Crippen LogP contribution in [0.3, 0.4) is 0 Å². The molecule has 116 valence electrons. The molecule has 3 heteroatoms. The Balaban J connectivity index is 2.01. The summed E-state index contributed by atoms with van der Waals surface area (Å²) in [5.74, 6) is 0. The molecule has 0 fully saturated rings. The molecule has 0 bridgehead atoms. The van der Waals surface area contributed by atoms with Gasteiger partial charge in [0, 0.05) is 25.9 Å². The van der Waals surface area contributed by atoms with Gasteiger partial charge in [-0.3, -0.25) is 0 Å². The van der Waals surface area contributed by atoms with Crippen molar-refractivity contribution in [3.63, 3.8) is 0 Å². The maximum absolute atomic E-state index is 8.82. The second-order valence-electron chi connectivity index (χ2n) is 5.68. The summed E-state index contributed by atoms with van der Waals surface area (Å²) in [6, 6.07) is 8.79. The van der Waals surface area contributed by atoms with Gasteiger partial charge in [0.2, 0.25) is 0 Å². The lowest BCUT2D eigenvalue weighted by Crippen LogP contribution is -2.14. The second kappa shape index (κ2) is 8.85. The van der Waals surface area contributed by atoms with E-state index in [9.17, 15) is 0 Å². The zero-order valence-electron chi connectivity index (χ0n) is 13.1. The van der Waals surface area contributed by atoms with Crippen LogP contribution in [-0.2, 0) is 13.1 Å². The number of fused-ring (bicyclic) bond motifs is 1. The van der Waals surface area contributed by atoms with Gasteiger partial charge in [0.05, 0.1) is 5.52 Å². The largest absolute Gasteiger partial charge is 0.396 e. The van der Waals surface area contributed by atoms with Gasteiger partial charge in [-0.05, 0) is 42.8 Å². The summed E-state index contributed by atoms with van der Waals surface area (Å²) >= 11 is 0. The van der Waals surface area contributed by atoms with E-state index < -0.39 is 0 Å². The predicted octanol–water partition coefficient (Wildman–Crippen LogP) is 3.69. The third-order valence-corrected chi connectivity index (χ3v) is 3.92. The molecule has 1 heterocycles. The molecule has 0 saturated heterocycles. The van der Waals surface area contributed by atoms with Crippen LogP contribution in [0, 0.1) is 0 Å². The number of hydrogen-bond donors (Lipinski definition) is 2. The highest BCUT2D eigenvalue weighted by Crippen LogP contribution is 2.21. The molecule has 0 amide bonds. The molecule has 1 aromatic carbocycles. The van der Waals surface area contributed by atoms with Crippen LogP contribution in [0.15, 0.2) is 30.5 Å². The number of nitrogens with zero attached hydrogens (tertiary/aromatic N) is 1. The Morgan fingerprint density at radius 3 is 2.76 bits per heavy atom. The molecule has 0 aliphatic carbocycles. The third-order valence-electron chi connectivity index (χ3n) is 3.92. The fourth-order valence-corrected chi connectivity index (χ4v) is 2.82. The fourth-order valence-electron chi connectivity index (χ4n) is 2.82. The zero-order chi connectivity index (χ0) is 14.9. The van der Waals surface area contributed by atoms with Crippen LogP contribution in [0.5, 0.6) is 0 Å². The number of aryl methyl sites for hydroxylation is 1. The van der Waals surface area contributed by atoms with Gasteiger partial charge in [0.25, 0.3) is 0 Å². The van der Waals surface area contributed by atoms with Crippen molar-refractivity contribution in [2.75, 3.05) is 13.2 Å². The molecule has 2 N–H and O–H groups in total. The summed E-state index contributed by atoms with van der Waals surface area (Å²) in [6.45, 7) is 5.60. The van der Waals surface area contributed by atoms with E-state index in [0.717, 1.165) is 32.5 Å². The average Bonchev–Trinajstić information content (AvgIpc) is 2.91. The molecule has 0 aliphatic heterocycles. The van der Waals surface area contributed by atoms with Crippen LogP contribution < -0.4 is 5.32 Å². The molecule has 3 nitrogen and oxygen atoms in total. The van der Waals surface area contributed by atoms with Gasteiger partial charge in [-0.2, -0.15) is 0 Å². The maximum Gasteiger partial charge on any atom is 0.0525 e. The molecule has 0 saturated carbocycles. The first-order valence-corrected chi connectivity index (χ1v) is 8.25. The lowest BCUT2D eigenvalue weighted by Gasteiger charge is -2.10. The number of nitrogens with one attached hydrogen (secondary N) is 1. The lowest BCUT2D eigenvalue weighted by atomic mass is 10.1. The Bertz CT molecular complexity index is 533. The molecule has 0 radical (unpaired) electrons. The highest BCUT2D eigenvalue weighted by atomic mass is 16.2. The van der Waals surface area contributed by atoms with Crippen molar-refractivity contribution in [3.05, 3.63) is 36.0 Å². The van der Waals surface area contributed by atoms with Crippen LogP contribution in [0.2, 0.25) is 0 Å². The first-order chi connectivity index (χ1) is 10.4. The molecule has 0 unspecified atom stereocenters. The van der Waals surface area contributed by atoms with E-state index in [1.54, 1.807) is 0 Å². The first-order valence-electron chi connectivity index (χ1n) is 8.25. The average molecular weight is 288 g/mol. The Morgan fingerprint density at radius 2 is 1.95 bits per heavy atom. The number of rotatable bonds is 10. The van der Waals surface area contributed by atoms with Crippen molar-refractivity contribution in [2.24, 2.45) is 0 Å².